The molecular weight excluding hydrogens is 354 g/mol. The van der Waals surface area contributed by atoms with Gasteiger partial charge in [0.15, 0.2) is 12.6 Å². The maximum atomic E-state index is 11.7. The minimum atomic E-state index is -1.45. The molecule has 6 atom stereocenters. The van der Waals surface area contributed by atoms with Crippen molar-refractivity contribution in [2.75, 3.05) is 12.5 Å². The van der Waals surface area contributed by atoms with Crippen molar-refractivity contribution in [1.29, 1.82) is 0 Å². The maximum Gasteiger partial charge on any atom is 0.321 e. The van der Waals surface area contributed by atoms with E-state index in [1.807, 2.05) is 30.3 Å². The highest BCUT2D eigenvalue weighted by Gasteiger charge is 2.51. The average molecular weight is 370 g/mol. The molecule has 1 aromatic rings. The molecular formula is C15H16ClN3O6. The van der Waals surface area contributed by atoms with Crippen LogP contribution in [0, 0.1) is 0 Å². The summed E-state index contributed by atoms with van der Waals surface area (Å²) in [6, 6.07) is 8.03. The van der Waals surface area contributed by atoms with Crippen molar-refractivity contribution in [3.05, 3.63) is 46.3 Å². The second kappa shape index (κ2) is 8.01. The van der Waals surface area contributed by atoms with Crippen LogP contribution in [0.2, 0.25) is 0 Å². The van der Waals surface area contributed by atoms with E-state index in [2.05, 4.69) is 10.0 Å². The van der Waals surface area contributed by atoms with Crippen LogP contribution in [-0.4, -0.2) is 54.2 Å². The van der Waals surface area contributed by atoms with Gasteiger partial charge in [-0.05, 0) is 5.53 Å². The zero-order chi connectivity index (χ0) is 17.8. The number of carbonyl (C=O) groups is 1. The zero-order valence-electron chi connectivity index (χ0n) is 13.0. The molecule has 2 aliphatic heterocycles. The lowest BCUT2D eigenvalue weighted by atomic mass is 9.96. The Labute approximate surface area is 148 Å². The first-order chi connectivity index (χ1) is 12.1. The van der Waals surface area contributed by atoms with Gasteiger partial charge in [-0.1, -0.05) is 35.4 Å². The number of ether oxygens (including phenoxy) is 4. The number of alkyl halides is 1. The number of esters is 1. The van der Waals surface area contributed by atoms with Crippen LogP contribution in [0.3, 0.4) is 0 Å². The third-order valence-electron chi connectivity index (χ3n) is 3.96. The molecule has 0 aromatic heterocycles. The minimum absolute atomic E-state index is 0.110. The van der Waals surface area contributed by atoms with E-state index in [1.54, 1.807) is 0 Å². The second-order valence-corrected chi connectivity index (χ2v) is 5.79. The van der Waals surface area contributed by atoms with E-state index < -0.39 is 42.9 Å². The first kappa shape index (κ1) is 17.9. The van der Waals surface area contributed by atoms with Gasteiger partial charge in [0.25, 0.3) is 0 Å². The monoisotopic (exact) mass is 369 g/mol. The summed E-state index contributed by atoms with van der Waals surface area (Å²) in [4.78, 5) is 14.3. The fourth-order valence-corrected chi connectivity index (χ4v) is 2.92. The highest BCUT2D eigenvalue weighted by atomic mass is 35.5. The van der Waals surface area contributed by atoms with Gasteiger partial charge < -0.3 is 24.1 Å². The van der Waals surface area contributed by atoms with Crippen molar-refractivity contribution in [3.8, 4) is 0 Å². The van der Waals surface area contributed by atoms with E-state index in [0.717, 1.165) is 5.56 Å². The molecule has 0 bridgehead atoms. The van der Waals surface area contributed by atoms with Gasteiger partial charge in [0.05, 0.1) is 6.61 Å². The Hall–Kier alpha value is -1.87. The second-order valence-electron chi connectivity index (χ2n) is 5.53. The standard InChI is InChI=1S/C15H16ClN3O6/c16-6-10(20)24-13-11(18-19-17)14(21)23-9-7-22-15(25-12(9)13)8-4-2-1-3-5-8/h1-5,9,11-15,21H,6-7H2/t9-,11-,12+,13-,14?,15+/m1/s1. The summed E-state index contributed by atoms with van der Waals surface area (Å²) in [6.07, 6.45) is -4.68. The summed E-state index contributed by atoms with van der Waals surface area (Å²) < 4.78 is 22.2. The molecule has 25 heavy (non-hydrogen) atoms. The van der Waals surface area contributed by atoms with E-state index in [9.17, 15) is 9.90 Å². The van der Waals surface area contributed by atoms with Crippen LogP contribution in [0.4, 0.5) is 0 Å². The van der Waals surface area contributed by atoms with E-state index in [4.69, 9.17) is 36.1 Å². The number of aliphatic hydroxyl groups is 1. The molecule has 2 aliphatic rings. The predicted molar refractivity (Wildman–Crippen MR) is 84.4 cm³/mol. The molecule has 0 aliphatic carbocycles. The predicted octanol–water partition coefficient (Wildman–Crippen LogP) is 1.65. The van der Waals surface area contributed by atoms with Gasteiger partial charge in [0, 0.05) is 10.5 Å². The van der Waals surface area contributed by atoms with E-state index >= 15 is 0 Å². The molecule has 1 unspecified atom stereocenters. The number of fused-ring (bicyclic) bond motifs is 1. The molecule has 2 saturated heterocycles. The van der Waals surface area contributed by atoms with Crippen LogP contribution in [-0.2, 0) is 23.7 Å². The summed E-state index contributed by atoms with van der Waals surface area (Å²) in [5.41, 5.74) is 9.50. The Balaban J connectivity index is 1.85. The largest absolute Gasteiger partial charge is 0.458 e. The van der Waals surface area contributed by atoms with Crippen LogP contribution in [0.15, 0.2) is 35.4 Å². The minimum Gasteiger partial charge on any atom is -0.458 e. The number of hydrogen-bond acceptors (Lipinski definition) is 7. The first-order valence-electron chi connectivity index (χ1n) is 7.59. The van der Waals surface area contributed by atoms with Gasteiger partial charge in [-0.25, -0.2) is 0 Å². The molecule has 0 saturated carbocycles. The van der Waals surface area contributed by atoms with Gasteiger partial charge in [0.1, 0.15) is 30.2 Å². The Morgan fingerprint density at radius 1 is 1.40 bits per heavy atom. The van der Waals surface area contributed by atoms with Crippen molar-refractivity contribution in [1.82, 2.24) is 0 Å². The molecule has 0 spiro atoms. The van der Waals surface area contributed by atoms with Gasteiger partial charge in [-0.2, -0.15) is 0 Å². The Morgan fingerprint density at radius 2 is 2.16 bits per heavy atom. The summed E-state index contributed by atoms with van der Waals surface area (Å²) in [5, 5.41) is 13.5. The van der Waals surface area contributed by atoms with Gasteiger partial charge in [-0.3, -0.25) is 4.79 Å². The molecule has 0 radical (unpaired) electrons. The highest BCUT2D eigenvalue weighted by molar-refractivity contribution is 6.26. The summed E-state index contributed by atoms with van der Waals surface area (Å²) in [5.74, 6) is -1.10. The third kappa shape index (κ3) is 3.87. The number of benzene rings is 1. The summed E-state index contributed by atoms with van der Waals surface area (Å²) in [7, 11) is 0. The first-order valence-corrected chi connectivity index (χ1v) is 8.12. The number of aliphatic hydroxyl groups excluding tert-OH is 1. The van der Waals surface area contributed by atoms with Crippen molar-refractivity contribution in [2.24, 2.45) is 5.11 Å². The lowest BCUT2D eigenvalue weighted by Gasteiger charge is -2.46. The van der Waals surface area contributed by atoms with Crippen molar-refractivity contribution < 1.29 is 28.8 Å². The number of azide groups is 1. The topological polar surface area (TPSA) is 123 Å². The average Bonchev–Trinajstić information content (AvgIpc) is 2.64. The van der Waals surface area contributed by atoms with E-state index in [0.29, 0.717) is 0 Å². The van der Waals surface area contributed by atoms with E-state index in [-0.39, 0.29) is 12.5 Å². The molecule has 3 rings (SSSR count). The van der Waals surface area contributed by atoms with Crippen LogP contribution in [0.25, 0.3) is 10.4 Å². The molecule has 2 heterocycles. The summed E-state index contributed by atoms with van der Waals surface area (Å²) >= 11 is 5.49. The third-order valence-corrected chi connectivity index (χ3v) is 4.18. The van der Waals surface area contributed by atoms with Crippen molar-refractivity contribution in [3.63, 3.8) is 0 Å². The Bertz CT molecular complexity index is 656. The molecule has 10 heteroatoms. The van der Waals surface area contributed by atoms with Crippen LogP contribution < -0.4 is 0 Å². The molecule has 0 amide bonds. The quantitative estimate of drug-likeness (QED) is 0.283. The molecule has 134 valence electrons. The molecule has 2 fully saturated rings. The van der Waals surface area contributed by atoms with Crippen LogP contribution in [0.1, 0.15) is 11.9 Å². The number of rotatable bonds is 4. The van der Waals surface area contributed by atoms with Gasteiger partial charge in [0.2, 0.25) is 0 Å². The number of hydrogen-bond donors (Lipinski definition) is 1. The van der Waals surface area contributed by atoms with Gasteiger partial charge >= 0.3 is 5.97 Å². The van der Waals surface area contributed by atoms with Crippen LogP contribution in [0.5, 0.6) is 0 Å². The zero-order valence-corrected chi connectivity index (χ0v) is 13.7. The normalized spacial score (nSPS) is 34.5. The van der Waals surface area contributed by atoms with Gasteiger partial charge in [-0.15, -0.1) is 11.6 Å². The fraction of sp³-hybridized carbons (Fsp3) is 0.533. The molecule has 1 N–H and O–H groups in total. The molecule has 9 nitrogen and oxygen atoms in total. The van der Waals surface area contributed by atoms with Crippen molar-refractivity contribution >= 4 is 17.6 Å². The number of nitrogens with zero attached hydrogens (tertiary/aromatic N) is 3. The lowest BCUT2D eigenvalue weighted by Crippen LogP contribution is -2.62. The fourth-order valence-electron chi connectivity index (χ4n) is 2.86. The smallest absolute Gasteiger partial charge is 0.321 e. The Morgan fingerprint density at radius 3 is 2.84 bits per heavy atom. The number of carbonyl (C=O) groups excluding carboxylic acids is 1. The summed E-state index contributed by atoms with van der Waals surface area (Å²) in [6.45, 7) is 0.110. The maximum absolute atomic E-state index is 11.7. The lowest BCUT2D eigenvalue weighted by molar-refractivity contribution is -0.336. The Kier molecular flexibility index (Phi) is 5.74. The highest BCUT2D eigenvalue weighted by Crippen LogP contribution is 2.35. The van der Waals surface area contributed by atoms with Crippen LogP contribution >= 0.6 is 11.6 Å². The van der Waals surface area contributed by atoms with E-state index in [1.165, 1.54) is 0 Å². The SMILES string of the molecule is [N-]=[N+]=N[C@H]1C(O)O[C@@H]2CO[C@H](c3ccccc3)O[C@@H]2[C@@H]1OC(=O)CCl. The molecule has 1 aromatic carbocycles. The van der Waals surface area contributed by atoms with Crippen molar-refractivity contribution in [2.45, 2.75) is 36.9 Å². The number of halogens is 1.